The van der Waals surface area contributed by atoms with Crippen molar-refractivity contribution in [2.45, 2.75) is 37.8 Å². The van der Waals surface area contributed by atoms with Crippen molar-refractivity contribution < 1.29 is 38.6 Å². The SMILES string of the molecule is COc1cc2c(cc1O)[C@H](Cc1ccc(O)c(OC)c1Oc1cc3c(cc1OC)-c1c(OC)c(OC)cc4c1[C@H](C3)N(C)CC4)N(C)CC2. The normalized spacial score (nSPS) is 18.2. The van der Waals surface area contributed by atoms with Crippen LogP contribution in [0.25, 0.3) is 11.1 Å². The Morgan fingerprint density at radius 2 is 1.33 bits per heavy atom. The molecule has 0 saturated carbocycles. The molecule has 2 aliphatic heterocycles. The lowest BCUT2D eigenvalue weighted by Crippen LogP contribution is -2.35. The highest BCUT2D eigenvalue weighted by Crippen LogP contribution is 2.55. The number of likely N-dealkylation sites (N-methyl/N-ethyl adjacent to an activating group) is 2. The lowest BCUT2D eigenvalue weighted by atomic mass is 9.76. The van der Waals surface area contributed by atoms with Gasteiger partial charge in [0.1, 0.15) is 0 Å². The molecule has 2 N–H and O–H groups in total. The van der Waals surface area contributed by atoms with Crippen LogP contribution < -0.4 is 28.4 Å². The molecule has 0 fully saturated rings. The number of phenols is 2. The molecule has 7 rings (SSSR count). The third-order valence-electron chi connectivity index (χ3n) is 10.5. The summed E-state index contributed by atoms with van der Waals surface area (Å²) in [4.78, 5) is 4.67. The van der Waals surface area contributed by atoms with E-state index in [0.717, 1.165) is 65.7 Å². The van der Waals surface area contributed by atoms with Crippen LogP contribution in [0.2, 0.25) is 0 Å². The second-order valence-corrected chi connectivity index (χ2v) is 13.1. The molecule has 49 heavy (non-hydrogen) atoms. The topological polar surface area (TPSA) is 102 Å². The summed E-state index contributed by atoms with van der Waals surface area (Å²) in [7, 11) is 12.3. The third kappa shape index (κ3) is 5.43. The van der Waals surface area contributed by atoms with Crippen LogP contribution >= 0.6 is 0 Å². The fourth-order valence-electron chi connectivity index (χ4n) is 7.95. The molecule has 10 heteroatoms. The molecular weight excluding hydrogens is 624 g/mol. The predicted octanol–water partition coefficient (Wildman–Crippen LogP) is 6.46. The van der Waals surface area contributed by atoms with Crippen molar-refractivity contribution in [2.75, 3.05) is 62.7 Å². The first-order chi connectivity index (χ1) is 23.7. The molecule has 10 nitrogen and oxygen atoms in total. The highest BCUT2D eigenvalue weighted by atomic mass is 16.5. The summed E-state index contributed by atoms with van der Waals surface area (Å²) in [6, 6.07) is 13.5. The summed E-state index contributed by atoms with van der Waals surface area (Å²) < 4.78 is 35.7. The number of hydrogen-bond donors (Lipinski definition) is 2. The van der Waals surface area contributed by atoms with E-state index < -0.39 is 0 Å². The smallest absolute Gasteiger partial charge is 0.203 e. The number of nitrogens with zero attached hydrogens (tertiary/aromatic N) is 2. The summed E-state index contributed by atoms with van der Waals surface area (Å²) in [6.07, 6.45) is 3.08. The molecule has 4 aromatic rings. The van der Waals surface area contributed by atoms with E-state index in [-0.39, 0.29) is 29.3 Å². The van der Waals surface area contributed by atoms with Gasteiger partial charge in [-0.3, -0.25) is 9.80 Å². The van der Waals surface area contributed by atoms with Gasteiger partial charge in [-0.2, -0.15) is 0 Å². The first-order valence-corrected chi connectivity index (χ1v) is 16.6. The van der Waals surface area contributed by atoms with Gasteiger partial charge in [0.25, 0.3) is 0 Å². The van der Waals surface area contributed by atoms with Gasteiger partial charge in [-0.15, -0.1) is 0 Å². The maximum absolute atomic E-state index is 10.9. The first-order valence-electron chi connectivity index (χ1n) is 16.6. The summed E-state index contributed by atoms with van der Waals surface area (Å²) in [5.74, 6) is 3.65. The van der Waals surface area contributed by atoms with E-state index in [1.54, 1.807) is 40.6 Å². The molecule has 4 aromatic carbocycles. The fraction of sp³-hybridized carbons (Fsp3) is 0.385. The Morgan fingerprint density at radius 3 is 2.04 bits per heavy atom. The molecule has 2 atom stereocenters. The zero-order valence-corrected chi connectivity index (χ0v) is 29.2. The summed E-state index contributed by atoms with van der Waals surface area (Å²) in [6.45, 7) is 1.78. The van der Waals surface area contributed by atoms with Crippen LogP contribution in [0.1, 0.15) is 45.5 Å². The average molecular weight is 669 g/mol. The molecule has 0 radical (unpaired) electrons. The summed E-state index contributed by atoms with van der Waals surface area (Å²) >= 11 is 0. The van der Waals surface area contributed by atoms with Crippen LogP contribution in [0, 0.1) is 0 Å². The zero-order valence-electron chi connectivity index (χ0n) is 29.2. The van der Waals surface area contributed by atoms with Crippen LogP contribution in [0.3, 0.4) is 0 Å². The minimum absolute atomic E-state index is 0.0277. The number of benzene rings is 4. The number of rotatable bonds is 9. The molecule has 258 valence electrons. The number of methoxy groups -OCH3 is 5. The van der Waals surface area contributed by atoms with E-state index in [2.05, 4.69) is 30.0 Å². The maximum Gasteiger partial charge on any atom is 0.203 e. The van der Waals surface area contributed by atoms with Crippen LogP contribution in [-0.2, 0) is 25.7 Å². The molecule has 0 unspecified atom stereocenters. The van der Waals surface area contributed by atoms with E-state index >= 15 is 0 Å². The van der Waals surface area contributed by atoms with Crippen molar-refractivity contribution >= 4 is 0 Å². The van der Waals surface area contributed by atoms with Gasteiger partial charge >= 0.3 is 0 Å². The molecule has 0 amide bonds. The second kappa shape index (κ2) is 12.9. The molecule has 0 aromatic heterocycles. The Bertz CT molecular complexity index is 1920. The summed E-state index contributed by atoms with van der Waals surface area (Å²) in [5.41, 5.74) is 8.66. The predicted molar refractivity (Wildman–Crippen MR) is 186 cm³/mol. The average Bonchev–Trinajstić information content (AvgIpc) is 3.11. The Balaban J connectivity index is 1.34. The van der Waals surface area contributed by atoms with Gasteiger partial charge in [-0.25, -0.2) is 0 Å². The van der Waals surface area contributed by atoms with Crippen molar-refractivity contribution in [2.24, 2.45) is 0 Å². The van der Waals surface area contributed by atoms with Gasteiger partial charge in [-0.1, -0.05) is 6.07 Å². The lowest BCUT2D eigenvalue weighted by molar-refractivity contribution is 0.226. The van der Waals surface area contributed by atoms with Crippen LogP contribution in [0.4, 0.5) is 0 Å². The van der Waals surface area contributed by atoms with Gasteiger partial charge < -0.3 is 38.6 Å². The Labute approximate surface area is 287 Å². The van der Waals surface area contributed by atoms with Crippen molar-refractivity contribution in [1.29, 1.82) is 0 Å². The molecular formula is C39H44N2O8. The quantitative estimate of drug-likeness (QED) is 0.207. The summed E-state index contributed by atoms with van der Waals surface area (Å²) in [5, 5.41) is 21.6. The van der Waals surface area contributed by atoms with Crippen molar-refractivity contribution in [1.82, 2.24) is 9.80 Å². The highest BCUT2D eigenvalue weighted by Gasteiger charge is 2.37. The number of hydrogen-bond acceptors (Lipinski definition) is 10. The van der Waals surface area contributed by atoms with Gasteiger partial charge in [0.05, 0.1) is 35.5 Å². The molecule has 0 saturated heterocycles. The molecule has 1 aliphatic carbocycles. The number of aromatic hydroxyl groups is 2. The van der Waals surface area contributed by atoms with E-state index in [0.29, 0.717) is 40.9 Å². The lowest BCUT2D eigenvalue weighted by Gasteiger charge is -2.40. The van der Waals surface area contributed by atoms with Crippen molar-refractivity contribution in [3.8, 4) is 62.9 Å². The maximum atomic E-state index is 10.9. The van der Waals surface area contributed by atoms with Gasteiger partial charge in [-0.05, 0) is 110 Å². The van der Waals surface area contributed by atoms with Gasteiger partial charge in [0.15, 0.2) is 46.0 Å². The van der Waals surface area contributed by atoms with Crippen molar-refractivity contribution in [3.05, 3.63) is 75.8 Å². The second-order valence-electron chi connectivity index (χ2n) is 13.1. The van der Waals surface area contributed by atoms with Gasteiger partial charge in [0, 0.05) is 36.3 Å². The largest absolute Gasteiger partial charge is 0.504 e. The molecule has 0 bridgehead atoms. The third-order valence-corrected chi connectivity index (χ3v) is 10.5. The van der Waals surface area contributed by atoms with E-state index in [1.165, 1.54) is 18.2 Å². The minimum Gasteiger partial charge on any atom is -0.504 e. The Morgan fingerprint density at radius 1 is 0.653 bits per heavy atom. The highest BCUT2D eigenvalue weighted by molar-refractivity contribution is 5.85. The zero-order chi connectivity index (χ0) is 34.6. The molecule has 0 spiro atoms. The number of ether oxygens (including phenoxy) is 6. The minimum atomic E-state index is -0.0717. The van der Waals surface area contributed by atoms with Crippen LogP contribution in [0.15, 0.2) is 42.5 Å². The van der Waals surface area contributed by atoms with Gasteiger partial charge in [0.2, 0.25) is 5.75 Å². The van der Waals surface area contributed by atoms with Crippen LogP contribution in [0.5, 0.6) is 51.7 Å². The van der Waals surface area contributed by atoms with Crippen molar-refractivity contribution in [3.63, 3.8) is 0 Å². The Kier molecular flexibility index (Phi) is 8.62. The Hall–Kier alpha value is -4.80. The number of fused-ring (bicyclic) bond motifs is 3. The first kappa shape index (κ1) is 32.7. The fourth-order valence-corrected chi connectivity index (χ4v) is 7.95. The van der Waals surface area contributed by atoms with Crippen LogP contribution in [-0.4, -0.2) is 82.7 Å². The molecule has 3 aliphatic rings. The van der Waals surface area contributed by atoms with E-state index in [1.807, 2.05) is 24.3 Å². The monoisotopic (exact) mass is 668 g/mol. The number of phenolic OH excluding ortho intramolecular Hbond substituents is 2. The van der Waals surface area contributed by atoms with E-state index in [4.69, 9.17) is 28.4 Å². The standard InChI is InChI=1S/C39H44N2O8/c1-40-12-10-21-16-31(44-3)30(43)19-25(21)27(40)14-23-8-9-29(42)38(47-6)37(23)49-33-18-24-15-28-35-22(11-13-41(28)2)17-34(46-5)39(48-7)36(35)26(24)20-32(33)45-4/h8-9,16-20,27-28,42-43H,10-15H2,1-7H3/t27-,28-/m0/s1. The van der Waals surface area contributed by atoms with E-state index in [9.17, 15) is 10.2 Å². The molecule has 2 heterocycles.